The summed E-state index contributed by atoms with van der Waals surface area (Å²) in [6, 6.07) is 18.2. The lowest BCUT2D eigenvalue weighted by atomic mass is 10.1. The molecular weight excluding hydrogens is 370 g/mol. The number of hydrogen-bond donors (Lipinski definition) is 1. The van der Waals surface area contributed by atoms with Crippen LogP contribution in [0.2, 0.25) is 0 Å². The number of nitrogens with one attached hydrogen (secondary N) is 1. The highest BCUT2D eigenvalue weighted by Gasteiger charge is 2.22. The monoisotopic (exact) mass is 393 g/mol. The third kappa shape index (κ3) is 5.48. The lowest BCUT2D eigenvalue weighted by molar-refractivity contribution is -0.123. The van der Waals surface area contributed by atoms with E-state index in [0.29, 0.717) is 17.2 Å². The van der Waals surface area contributed by atoms with Gasteiger partial charge in [-0.1, -0.05) is 30.3 Å². The van der Waals surface area contributed by atoms with Gasteiger partial charge >= 0.3 is 5.97 Å². The highest BCUT2D eigenvalue weighted by molar-refractivity contribution is 5.97. The largest absolute Gasteiger partial charge is 0.486 e. The molecule has 0 aliphatic heterocycles. The second-order valence-electron chi connectivity index (χ2n) is 6.72. The standard InChI is InChI=1S/C23H23NO5/c1-15-9-10-16(2)20(13-15)24-22(25)17(3)28-23(26)21-12-11-19(29-21)14-27-18-7-5-4-6-8-18/h4-13,17H,14H2,1-3H3,(H,24,25)/t17-/m1/s1. The van der Waals surface area contributed by atoms with Crippen molar-refractivity contribution >= 4 is 17.6 Å². The van der Waals surface area contributed by atoms with Crippen molar-refractivity contribution < 1.29 is 23.5 Å². The van der Waals surface area contributed by atoms with E-state index in [1.54, 1.807) is 6.07 Å². The SMILES string of the molecule is Cc1ccc(C)c(NC(=O)[C@@H](C)OC(=O)c2ccc(COc3ccccc3)o2)c1. The molecule has 1 N–H and O–H groups in total. The number of rotatable bonds is 7. The summed E-state index contributed by atoms with van der Waals surface area (Å²) >= 11 is 0. The van der Waals surface area contributed by atoms with Crippen LogP contribution in [-0.2, 0) is 16.1 Å². The third-order valence-corrected chi connectivity index (χ3v) is 4.29. The predicted molar refractivity (Wildman–Crippen MR) is 109 cm³/mol. The van der Waals surface area contributed by atoms with Crippen LogP contribution in [0.25, 0.3) is 0 Å². The molecule has 150 valence electrons. The lowest BCUT2D eigenvalue weighted by Crippen LogP contribution is -2.30. The maximum absolute atomic E-state index is 12.4. The number of anilines is 1. The molecule has 0 radical (unpaired) electrons. The average molecular weight is 393 g/mol. The van der Waals surface area contributed by atoms with Crippen molar-refractivity contribution in [2.75, 3.05) is 5.32 Å². The zero-order valence-corrected chi connectivity index (χ0v) is 16.6. The van der Waals surface area contributed by atoms with Gasteiger partial charge in [0.15, 0.2) is 6.10 Å². The van der Waals surface area contributed by atoms with Crippen LogP contribution in [0.3, 0.4) is 0 Å². The number of esters is 1. The predicted octanol–water partition coefficient (Wildman–Crippen LogP) is 4.66. The molecule has 1 amide bonds. The van der Waals surface area contributed by atoms with Crippen molar-refractivity contribution in [1.82, 2.24) is 0 Å². The normalized spacial score (nSPS) is 11.6. The number of benzene rings is 2. The smallest absolute Gasteiger partial charge is 0.375 e. The number of aryl methyl sites for hydroxylation is 2. The van der Waals surface area contributed by atoms with Crippen LogP contribution in [0.4, 0.5) is 5.69 Å². The van der Waals surface area contributed by atoms with Crippen LogP contribution in [0.15, 0.2) is 65.1 Å². The number of hydrogen-bond acceptors (Lipinski definition) is 5. The number of carbonyl (C=O) groups excluding carboxylic acids is 2. The minimum atomic E-state index is -0.975. The summed E-state index contributed by atoms with van der Waals surface area (Å²) in [6.07, 6.45) is -0.975. The van der Waals surface area contributed by atoms with Crippen LogP contribution in [-0.4, -0.2) is 18.0 Å². The Kier molecular flexibility index (Phi) is 6.34. The third-order valence-electron chi connectivity index (χ3n) is 4.29. The summed E-state index contributed by atoms with van der Waals surface area (Å²) in [6.45, 7) is 5.53. The molecule has 0 unspecified atom stereocenters. The topological polar surface area (TPSA) is 77.8 Å². The van der Waals surface area contributed by atoms with E-state index < -0.39 is 18.0 Å². The van der Waals surface area contributed by atoms with Crippen LogP contribution < -0.4 is 10.1 Å². The highest BCUT2D eigenvalue weighted by Crippen LogP contribution is 2.18. The molecule has 0 fully saturated rings. The molecule has 0 saturated carbocycles. The van der Waals surface area contributed by atoms with Crippen molar-refractivity contribution in [1.29, 1.82) is 0 Å². The van der Waals surface area contributed by atoms with Crippen molar-refractivity contribution in [3.8, 4) is 5.75 Å². The summed E-state index contributed by atoms with van der Waals surface area (Å²) in [5.41, 5.74) is 2.64. The molecule has 29 heavy (non-hydrogen) atoms. The lowest BCUT2D eigenvalue weighted by Gasteiger charge is -2.14. The van der Waals surface area contributed by atoms with Gasteiger partial charge in [-0.3, -0.25) is 4.79 Å². The molecule has 3 rings (SSSR count). The van der Waals surface area contributed by atoms with Crippen molar-refractivity contribution in [2.45, 2.75) is 33.5 Å². The summed E-state index contributed by atoms with van der Waals surface area (Å²) in [4.78, 5) is 24.7. The Morgan fingerprint density at radius 2 is 1.79 bits per heavy atom. The van der Waals surface area contributed by atoms with Gasteiger partial charge in [0.2, 0.25) is 5.76 Å². The summed E-state index contributed by atoms with van der Waals surface area (Å²) in [5.74, 6) is 0.0759. The van der Waals surface area contributed by atoms with Gasteiger partial charge in [0.1, 0.15) is 18.1 Å². The molecule has 6 nitrogen and oxygen atoms in total. The highest BCUT2D eigenvalue weighted by atomic mass is 16.6. The number of para-hydroxylation sites is 1. The Hall–Kier alpha value is -3.54. The zero-order valence-electron chi connectivity index (χ0n) is 16.6. The van der Waals surface area contributed by atoms with E-state index in [2.05, 4.69) is 5.32 Å². The molecule has 1 aromatic heterocycles. The fraction of sp³-hybridized carbons (Fsp3) is 0.217. The Morgan fingerprint density at radius 3 is 2.55 bits per heavy atom. The fourth-order valence-corrected chi connectivity index (χ4v) is 2.61. The molecule has 0 aliphatic carbocycles. The van der Waals surface area contributed by atoms with Crippen LogP contribution in [0.5, 0.6) is 5.75 Å². The summed E-state index contributed by atoms with van der Waals surface area (Å²) in [7, 11) is 0. The number of amides is 1. The average Bonchev–Trinajstić information content (AvgIpc) is 3.19. The molecule has 1 heterocycles. The van der Waals surface area contributed by atoms with E-state index in [1.165, 1.54) is 13.0 Å². The fourth-order valence-electron chi connectivity index (χ4n) is 2.61. The van der Waals surface area contributed by atoms with Gasteiger partial charge in [-0.15, -0.1) is 0 Å². The minimum Gasteiger partial charge on any atom is -0.486 e. The molecule has 0 aliphatic rings. The Labute approximate surface area is 169 Å². The second kappa shape index (κ2) is 9.10. The number of furan rings is 1. The minimum absolute atomic E-state index is 0.0167. The van der Waals surface area contributed by atoms with Crippen LogP contribution in [0, 0.1) is 13.8 Å². The van der Waals surface area contributed by atoms with Gasteiger partial charge in [0.25, 0.3) is 5.91 Å². The molecule has 6 heteroatoms. The van der Waals surface area contributed by atoms with Gasteiger partial charge < -0.3 is 19.2 Å². The molecular formula is C23H23NO5. The number of ether oxygens (including phenoxy) is 2. The van der Waals surface area contributed by atoms with Crippen LogP contribution >= 0.6 is 0 Å². The van der Waals surface area contributed by atoms with E-state index in [4.69, 9.17) is 13.9 Å². The first kappa shape index (κ1) is 20.2. The van der Waals surface area contributed by atoms with Gasteiger partial charge in [-0.2, -0.15) is 0 Å². The van der Waals surface area contributed by atoms with Gasteiger partial charge in [0, 0.05) is 5.69 Å². The second-order valence-corrected chi connectivity index (χ2v) is 6.72. The first-order valence-electron chi connectivity index (χ1n) is 9.28. The Bertz CT molecular complexity index is 994. The van der Waals surface area contributed by atoms with E-state index >= 15 is 0 Å². The van der Waals surface area contributed by atoms with Gasteiger partial charge in [-0.25, -0.2) is 4.79 Å². The maximum atomic E-state index is 12.4. The van der Waals surface area contributed by atoms with Gasteiger partial charge in [0.05, 0.1) is 0 Å². The molecule has 0 bridgehead atoms. The van der Waals surface area contributed by atoms with Gasteiger partial charge in [-0.05, 0) is 62.2 Å². The quantitative estimate of drug-likeness (QED) is 0.591. The molecule has 1 atom stereocenters. The summed E-state index contributed by atoms with van der Waals surface area (Å²) in [5, 5.41) is 2.78. The zero-order chi connectivity index (χ0) is 20.8. The molecule has 0 saturated heterocycles. The van der Waals surface area contributed by atoms with Crippen molar-refractivity contribution in [3.05, 3.63) is 83.3 Å². The van der Waals surface area contributed by atoms with E-state index in [0.717, 1.165) is 11.1 Å². The first-order chi connectivity index (χ1) is 13.9. The van der Waals surface area contributed by atoms with Crippen molar-refractivity contribution in [2.24, 2.45) is 0 Å². The maximum Gasteiger partial charge on any atom is 0.375 e. The Balaban J connectivity index is 1.54. The van der Waals surface area contributed by atoms with E-state index in [-0.39, 0.29) is 12.4 Å². The van der Waals surface area contributed by atoms with E-state index in [1.807, 2.05) is 62.4 Å². The molecule has 3 aromatic rings. The number of carbonyl (C=O) groups is 2. The Morgan fingerprint density at radius 1 is 1.03 bits per heavy atom. The van der Waals surface area contributed by atoms with E-state index in [9.17, 15) is 9.59 Å². The van der Waals surface area contributed by atoms with Crippen molar-refractivity contribution in [3.63, 3.8) is 0 Å². The first-order valence-corrected chi connectivity index (χ1v) is 9.28. The van der Waals surface area contributed by atoms with Crippen LogP contribution in [0.1, 0.15) is 34.4 Å². The molecule has 0 spiro atoms. The summed E-state index contributed by atoms with van der Waals surface area (Å²) < 4.78 is 16.3. The molecule has 2 aromatic carbocycles.